The van der Waals surface area contributed by atoms with E-state index in [1.165, 1.54) is 30.6 Å². The highest BCUT2D eigenvalue weighted by molar-refractivity contribution is 7.99. The summed E-state index contributed by atoms with van der Waals surface area (Å²) >= 11 is 3.30. The fourth-order valence-electron chi connectivity index (χ4n) is 3.37. The SMILES string of the molecule is Cc1ccc(S(=O)(=O)N2CCCSCC2CN2CCCCC2)s1. The zero-order chi connectivity index (χ0) is 16.3. The second kappa shape index (κ2) is 7.87. The summed E-state index contributed by atoms with van der Waals surface area (Å²) in [6.07, 6.45) is 4.75. The van der Waals surface area contributed by atoms with E-state index in [-0.39, 0.29) is 6.04 Å². The lowest BCUT2D eigenvalue weighted by Gasteiger charge is -2.34. The van der Waals surface area contributed by atoms with Crippen molar-refractivity contribution in [1.29, 1.82) is 0 Å². The van der Waals surface area contributed by atoms with Crippen LogP contribution in [0.5, 0.6) is 0 Å². The summed E-state index contributed by atoms with van der Waals surface area (Å²) in [5.41, 5.74) is 0. The van der Waals surface area contributed by atoms with Crippen LogP contribution in [0, 0.1) is 6.92 Å². The van der Waals surface area contributed by atoms with Gasteiger partial charge in [0.25, 0.3) is 10.0 Å². The molecular weight excluding hydrogens is 348 g/mol. The van der Waals surface area contributed by atoms with Gasteiger partial charge in [-0.25, -0.2) is 8.42 Å². The first-order valence-electron chi connectivity index (χ1n) is 8.46. The van der Waals surface area contributed by atoms with Crippen molar-refractivity contribution < 1.29 is 8.42 Å². The van der Waals surface area contributed by atoms with Crippen LogP contribution < -0.4 is 0 Å². The van der Waals surface area contributed by atoms with Gasteiger partial charge in [0.15, 0.2) is 0 Å². The molecular formula is C16H26N2O2S3. The van der Waals surface area contributed by atoms with Gasteiger partial charge in [-0.2, -0.15) is 16.1 Å². The number of likely N-dealkylation sites (tertiary alicyclic amines) is 1. The van der Waals surface area contributed by atoms with E-state index in [4.69, 9.17) is 0 Å². The van der Waals surface area contributed by atoms with Crippen LogP contribution in [0.3, 0.4) is 0 Å². The first kappa shape index (κ1) is 17.7. The monoisotopic (exact) mass is 374 g/mol. The predicted octanol–water partition coefficient (Wildman–Crippen LogP) is 3.04. The highest BCUT2D eigenvalue weighted by Gasteiger charge is 2.34. The van der Waals surface area contributed by atoms with Gasteiger partial charge in [0, 0.05) is 29.8 Å². The first-order chi connectivity index (χ1) is 11.1. The normalized spacial score (nSPS) is 25.3. The smallest absolute Gasteiger partial charge is 0.252 e. The Kier molecular flexibility index (Phi) is 6.07. The van der Waals surface area contributed by atoms with Crippen molar-refractivity contribution in [2.45, 2.75) is 42.9 Å². The molecule has 0 N–H and O–H groups in total. The highest BCUT2D eigenvalue weighted by atomic mass is 32.2. The van der Waals surface area contributed by atoms with E-state index in [1.807, 2.05) is 24.8 Å². The van der Waals surface area contributed by atoms with Crippen molar-refractivity contribution in [3.05, 3.63) is 17.0 Å². The Morgan fingerprint density at radius 2 is 1.91 bits per heavy atom. The largest absolute Gasteiger partial charge is 0.302 e. The number of aryl methyl sites for hydroxylation is 1. The molecule has 3 heterocycles. The standard InChI is InChI=1S/C16H26N2O2S3/c1-14-6-7-16(22-14)23(19,20)18-10-5-11-21-13-15(18)12-17-8-3-2-4-9-17/h6-7,15H,2-5,8-13H2,1H3. The zero-order valence-electron chi connectivity index (χ0n) is 13.7. The van der Waals surface area contributed by atoms with Gasteiger partial charge in [-0.1, -0.05) is 6.42 Å². The molecule has 0 bridgehead atoms. The topological polar surface area (TPSA) is 40.6 Å². The number of thiophene rings is 1. The summed E-state index contributed by atoms with van der Waals surface area (Å²) in [6, 6.07) is 3.78. The third-order valence-electron chi connectivity index (χ3n) is 4.58. The van der Waals surface area contributed by atoms with Gasteiger partial charge in [0.2, 0.25) is 0 Å². The van der Waals surface area contributed by atoms with Crippen LogP contribution in [0.25, 0.3) is 0 Å². The second-order valence-electron chi connectivity index (χ2n) is 6.42. The molecule has 3 rings (SSSR count). The van der Waals surface area contributed by atoms with E-state index in [2.05, 4.69) is 4.90 Å². The van der Waals surface area contributed by atoms with E-state index >= 15 is 0 Å². The van der Waals surface area contributed by atoms with E-state index in [1.54, 1.807) is 10.4 Å². The summed E-state index contributed by atoms with van der Waals surface area (Å²) in [5, 5.41) is 0. The molecule has 1 atom stereocenters. The number of hydrogen-bond donors (Lipinski definition) is 0. The Balaban J connectivity index is 1.80. The first-order valence-corrected chi connectivity index (χ1v) is 11.9. The lowest BCUT2D eigenvalue weighted by atomic mass is 10.1. The average molecular weight is 375 g/mol. The molecule has 0 amide bonds. The molecule has 23 heavy (non-hydrogen) atoms. The second-order valence-corrected chi connectivity index (χ2v) is 11.0. The summed E-state index contributed by atoms with van der Waals surface area (Å²) in [6.45, 7) is 5.74. The fourth-order valence-corrected chi connectivity index (χ4v) is 7.59. The van der Waals surface area contributed by atoms with E-state index in [0.717, 1.165) is 42.4 Å². The molecule has 0 spiro atoms. The number of nitrogens with zero attached hydrogens (tertiary/aromatic N) is 2. The number of rotatable bonds is 4. The molecule has 2 saturated heterocycles. The van der Waals surface area contributed by atoms with Crippen molar-refractivity contribution in [3.8, 4) is 0 Å². The number of hydrogen-bond acceptors (Lipinski definition) is 5. The third-order valence-corrected chi connectivity index (χ3v) is 9.20. The Bertz CT molecular complexity index is 609. The molecule has 2 aliphatic rings. The van der Waals surface area contributed by atoms with Crippen LogP contribution in [0.15, 0.2) is 16.3 Å². The van der Waals surface area contributed by atoms with E-state index < -0.39 is 10.0 Å². The number of sulfonamides is 1. The van der Waals surface area contributed by atoms with Gasteiger partial charge in [-0.15, -0.1) is 11.3 Å². The molecule has 0 saturated carbocycles. The highest BCUT2D eigenvalue weighted by Crippen LogP contribution is 2.29. The van der Waals surface area contributed by atoms with Crippen LogP contribution in [0.2, 0.25) is 0 Å². The number of piperidine rings is 1. The summed E-state index contributed by atoms with van der Waals surface area (Å²) in [5.74, 6) is 1.98. The van der Waals surface area contributed by atoms with Gasteiger partial charge in [0.1, 0.15) is 4.21 Å². The molecule has 7 heteroatoms. The Morgan fingerprint density at radius 1 is 1.13 bits per heavy atom. The molecule has 0 aromatic carbocycles. The Labute approximate surface area is 148 Å². The van der Waals surface area contributed by atoms with Crippen molar-refractivity contribution >= 4 is 33.1 Å². The zero-order valence-corrected chi connectivity index (χ0v) is 16.2. The lowest BCUT2D eigenvalue weighted by Crippen LogP contribution is -2.48. The summed E-state index contributed by atoms with van der Waals surface area (Å²) in [7, 11) is -3.35. The van der Waals surface area contributed by atoms with Crippen LogP contribution in [0.1, 0.15) is 30.6 Å². The van der Waals surface area contributed by atoms with E-state index in [9.17, 15) is 8.42 Å². The molecule has 130 valence electrons. The minimum atomic E-state index is -3.35. The van der Waals surface area contributed by atoms with Crippen LogP contribution in [-0.2, 0) is 10.0 Å². The van der Waals surface area contributed by atoms with E-state index in [0.29, 0.717) is 10.8 Å². The predicted molar refractivity (Wildman–Crippen MR) is 99.0 cm³/mol. The number of thioether (sulfide) groups is 1. The Morgan fingerprint density at radius 3 is 2.61 bits per heavy atom. The van der Waals surface area contributed by atoms with Crippen LogP contribution >= 0.6 is 23.1 Å². The summed E-state index contributed by atoms with van der Waals surface area (Å²) < 4.78 is 28.5. The molecule has 1 unspecified atom stereocenters. The van der Waals surface area contributed by atoms with Crippen molar-refractivity contribution in [2.24, 2.45) is 0 Å². The van der Waals surface area contributed by atoms with Gasteiger partial charge in [-0.3, -0.25) is 0 Å². The van der Waals surface area contributed by atoms with Gasteiger partial charge in [-0.05, 0) is 57.2 Å². The molecule has 0 aliphatic carbocycles. The quantitative estimate of drug-likeness (QED) is 0.812. The minimum Gasteiger partial charge on any atom is -0.302 e. The summed E-state index contributed by atoms with van der Waals surface area (Å²) in [4.78, 5) is 3.52. The fraction of sp³-hybridized carbons (Fsp3) is 0.750. The minimum absolute atomic E-state index is 0.105. The Hall–Kier alpha value is -0.0800. The van der Waals surface area contributed by atoms with Crippen molar-refractivity contribution in [1.82, 2.24) is 9.21 Å². The maximum Gasteiger partial charge on any atom is 0.252 e. The van der Waals surface area contributed by atoms with Gasteiger partial charge in [0.05, 0.1) is 0 Å². The molecule has 1 aromatic rings. The molecule has 0 radical (unpaired) electrons. The molecule has 4 nitrogen and oxygen atoms in total. The maximum absolute atomic E-state index is 13.1. The van der Waals surface area contributed by atoms with Crippen molar-refractivity contribution in [3.63, 3.8) is 0 Å². The van der Waals surface area contributed by atoms with Gasteiger partial charge >= 0.3 is 0 Å². The molecule has 2 aliphatic heterocycles. The van der Waals surface area contributed by atoms with Gasteiger partial charge < -0.3 is 4.90 Å². The molecule has 1 aromatic heterocycles. The molecule has 2 fully saturated rings. The lowest BCUT2D eigenvalue weighted by molar-refractivity contribution is 0.183. The average Bonchev–Trinajstić information content (AvgIpc) is 2.85. The van der Waals surface area contributed by atoms with Crippen molar-refractivity contribution in [2.75, 3.05) is 37.7 Å². The van der Waals surface area contributed by atoms with Crippen LogP contribution in [-0.4, -0.2) is 61.3 Å². The third kappa shape index (κ3) is 4.31. The maximum atomic E-state index is 13.1. The van der Waals surface area contributed by atoms with Crippen LogP contribution in [0.4, 0.5) is 0 Å².